The minimum Gasteiger partial charge on any atom is -0.465 e. The molecule has 0 aliphatic rings. The van der Waals surface area contributed by atoms with Gasteiger partial charge in [0.25, 0.3) is 0 Å². The zero-order valence-electron chi connectivity index (χ0n) is 8.63. The van der Waals surface area contributed by atoms with Crippen molar-refractivity contribution in [3.63, 3.8) is 0 Å². The summed E-state index contributed by atoms with van der Waals surface area (Å²) in [5.41, 5.74) is 0.942. The molecule has 1 aromatic carbocycles. The van der Waals surface area contributed by atoms with Crippen LogP contribution in [-0.4, -0.2) is 18.1 Å². The van der Waals surface area contributed by atoms with Crippen LogP contribution in [0.2, 0.25) is 5.02 Å². The van der Waals surface area contributed by atoms with Crippen LogP contribution in [0.4, 0.5) is 0 Å². The number of carbonyl (C=O) groups is 1. The molecule has 0 atom stereocenters. The van der Waals surface area contributed by atoms with Gasteiger partial charge >= 0.3 is 5.97 Å². The predicted molar refractivity (Wildman–Crippen MR) is 73.5 cm³/mol. The lowest BCUT2D eigenvalue weighted by Crippen LogP contribution is -2.03. The van der Waals surface area contributed by atoms with Crippen LogP contribution in [0, 0.1) is 0 Å². The van der Waals surface area contributed by atoms with Gasteiger partial charge < -0.3 is 4.74 Å². The van der Waals surface area contributed by atoms with Crippen molar-refractivity contribution in [2.75, 3.05) is 7.11 Å². The van der Waals surface area contributed by atoms with E-state index in [9.17, 15) is 4.79 Å². The lowest BCUT2D eigenvalue weighted by Gasteiger charge is -2.08. The van der Waals surface area contributed by atoms with Gasteiger partial charge in [0.1, 0.15) is 0 Å². The van der Waals surface area contributed by atoms with Crippen molar-refractivity contribution in [1.82, 2.24) is 4.98 Å². The molecule has 0 saturated carbocycles. The molecule has 88 valence electrons. The van der Waals surface area contributed by atoms with E-state index in [1.54, 1.807) is 0 Å². The summed E-state index contributed by atoms with van der Waals surface area (Å²) in [5, 5.41) is 1.01. The molecule has 0 radical (unpaired) electrons. The van der Waals surface area contributed by atoms with Gasteiger partial charge in [-0.3, -0.25) is 4.98 Å². The van der Waals surface area contributed by atoms with Crippen LogP contribution in [0.3, 0.4) is 0 Å². The zero-order valence-corrected chi connectivity index (χ0v) is 12.6. The van der Waals surface area contributed by atoms with Crippen LogP contribution in [0.1, 0.15) is 10.4 Å². The molecule has 0 saturated heterocycles. The fraction of sp³-hybridized carbons (Fsp3) is 0.0909. The van der Waals surface area contributed by atoms with E-state index >= 15 is 0 Å². The smallest absolute Gasteiger partial charge is 0.340 e. The van der Waals surface area contributed by atoms with Crippen molar-refractivity contribution in [3.8, 4) is 0 Å². The summed E-state index contributed by atoms with van der Waals surface area (Å²) in [5.74, 6) is -0.503. The number of benzene rings is 1. The standard InChI is InChI=1S/C11H6Br2ClNO2/c1-17-11(16)5-4-15-10-7(13)3-2-6(12)8(10)9(5)14/h2-4H,1H3. The van der Waals surface area contributed by atoms with E-state index in [-0.39, 0.29) is 5.56 Å². The molecule has 0 aliphatic heterocycles. The number of hydrogen-bond acceptors (Lipinski definition) is 3. The SMILES string of the molecule is COC(=O)c1cnc2c(Br)ccc(Br)c2c1Cl. The third-order valence-corrected chi connectivity index (χ3v) is 3.96. The summed E-state index contributed by atoms with van der Waals surface area (Å²) in [7, 11) is 1.30. The Balaban J connectivity index is 2.84. The van der Waals surface area contributed by atoms with Crippen molar-refractivity contribution >= 4 is 60.3 Å². The molecule has 0 spiro atoms. The highest BCUT2D eigenvalue weighted by atomic mass is 79.9. The second kappa shape index (κ2) is 4.92. The Morgan fingerprint density at radius 3 is 2.65 bits per heavy atom. The van der Waals surface area contributed by atoms with Crippen LogP contribution in [0.5, 0.6) is 0 Å². The van der Waals surface area contributed by atoms with E-state index in [4.69, 9.17) is 11.6 Å². The van der Waals surface area contributed by atoms with Gasteiger partial charge in [-0.1, -0.05) is 27.5 Å². The van der Waals surface area contributed by atoms with Crippen molar-refractivity contribution in [2.24, 2.45) is 0 Å². The molecule has 0 amide bonds. The van der Waals surface area contributed by atoms with Crippen LogP contribution in [-0.2, 0) is 4.74 Å². The number of hydrogen-bond donors (Lipinski definition) is 0. The number of methoxy groups -OCH3 is 1. The van der Waals surface area contributed by atoms with Crippen LogP contribution in [0.15, 0.2) is 27.3 Å². The topological polar surface area (TPSA) is 39.2 Å². The fourth-order valence-corrected chi connectivity index (χ4v) is 2.83. The molecule has 0 fully saturated rings. The van der Waals surface area contributed by atoms with Gasteiger partial charge in [-0.05, 0) is 28.1 Å². The third kappa shape index (κ3) is 2.19. The molecule has 1 aromatic heterocycles. The summed E-state index contributed by atoms with van der Waals surface area (Å²) in [6.07, 6.45) is 1.41. The van der Waals surface area contributed by atoms with Crippen molar-refractivity contribution in [2.45, 2.75) is 0 Å². The lowest BCUT2D eigenvalue weighted by molar-refractivity contribution is 0.0600. The number of rotatable bonds is 1. The molecule has 2 rings (SSSR count). The summed E-state index contributed by atoms with van der Waals surface area (Å²) in [6, 6.07) is 3.69. The van der Waals surface area contributed by atoms with Crippen LogP contribution in [0.25, 0.3) is 10.9 Å². The Bertz CT molecular complexity index is 616. The first-order chi connectivity index (χ1) is 8.06. The molecule has 6 heteroatoms. The number of pyridine rings is 1. The first-order valence-corrected chi connectivity index (χ1v) is 6.53. The predicted octanol–water partition coefficient (Wildman–Crippen LogP) is 4.20. The van der Waals surface area contributed by atoms with Gasteiger partial charge in [-0.2, -0.15) is 0 Å². The Hall–Kier alpha value is -0.650. The Labute approximate surface area is 119 Å². The number of esters is 1. The average Bonchev–Trinajstić information content (AvgIpc) is 2.33. The largest absolute Gasteiger partial charge is 0.465 e. The lowest BCUT2D eigenvalue weighted by atomic mass is 10.1. The molecule has 0 N–H and O–H groups in total. The van der Waals surface area contributed by atoms with E-state index in [1.807, 2.05) is 12.1 Å². The summed E-state index contributed by atoms with van der Waals surface area (Å²) >= 11 is 13.0. The highest BCUT2D eigenvalue weighted by Crippen LogP contribution is 2.35. The van der Waals surface area contributed by atoms with Crippen molar-refractivity contribution in [1.29, 1.82) is 0 Å². The molecule has 2 aromatic rings. The van der Waals surface area contributed by atoms with E-state index < -0.39 is 5.97 Å². The Morgan fingerprint density at radius 2 is 2.00 bits per heavy atom. The third-order valence-electron chi connectivity index (χ3n) is 2.26. The van der Waals surface area contributed by atoms with E-state index in [1.165, 1.54) is 13.3 Å². The number of fused-ring (bicyclic) bond motifs is 1. The number of aromatic nitrogens is 1. The monoisotopic (exact) mass is 377 g/mol. The average molecular weight is 379 g/mol. The number of ether oxygens (including phenoxy) is 1. The van der Waals surface area contributed by atoms with Crippen molar-refractivity contribution in [3.05, 3.63) is 37.9 Å². The number of nitrogens with zero attached hydrogens (tertiary/aromatic N) is 1. The highest BCUT2D eigenvalue weighted by molar-refractivity contribution is 9.11. The van der Waals surface area contributed by atoms with E-state index in [2.05, 4.69) is 41.6 Å². The van der Waals surface area contributed by atoms with Gasteiger partial charge in [0, 0.05) is 20.5 Å². The first kappa shape index (κ1) is 12.8. The minimum atomic E-state index is -0.503. The summed E-state index contributed by atoms with van der Waals surface area (Å²) in [4.78, 5) is 15.7. The second-order valence-corrected chi connectivity index (χ2v) is 5.32. The summed E-state index contributed by atoms with van der Waals surface area (Å²) in [6.45, 7) is 0. The first-order valence-electron chi connectivity index (χ1n) is 4.56. The quantitative estimate of drug-likeness (QED) is 0.697. The Morgan fingerprint density at radius 1 is 1.35 bits per heavy atom. The molecular formula is C11H6Br2ClNO2. The molecule has 0 aliphatic carbocycles. The second-order valence-electron chi connectivity index (χ2n) is 3.23. The van der Waals surface area contributed by atoms with E-state index in [0.717, 1.165) is 8.95 Å². The molecular weight excluding hydrogens is 373 g/mol. The molecule has 17 heavy (non-hydrogen) atoms. The minimum absolute atomic E-state index is 0.250. The maximum atomic E-state index is 11.5. The van der Waals surface area contributed by atoms with Gasteiger partial charge in [0.15, 0.2) is 0 Å². The van der Waals surface area contributed by atoms with Crippen LogP contribution < -0.4 is 0 Å². The van der Waals surface area contributed by atoms with Crippen LogP contribution >= 0.6 is 43.5 Å². The molecule has 0 bridgehead atoms. The number of carbonyl (C=O) groups excluding carboxylic acids is 1. The fourth-order valence-electron chi connectivity index (χ4n) is 1.45. The van der Waals surface area contributed by atoms with E-state index in [0.29, 0.717) is 15.9 Å². The number of halogens is 3. The Kier molecular flexibility index (Phi) is 3.70. The summed E-state index contributed by atoms with van der Waals surface area (Å²) < 4.78 is 6.24. The maximum Gasteiger partial charge on any atom is 0.340 e. The van der Waals surface area contributed by atoms with Gasteiger partial charge in [-0.15, -0.1) is 0 Å². The zero-order chi connectivity index (χ0) is 12.6. The molecule has 3 nitrogen and oxygen atoms in total. The van der Waals surface area contributed by atoms with Gasteiger partial charge in [0.05, 0.1) is 23.2 Å². The molecule has 0 unspecified atom stereocenters. The maximum absolute atomic E-state index is 11.5. The normalized spacial score (nSPS) is 10.6. The van der Waals surface area contributed by atoms with Gasteiger partial charge in [-0.25, -0.2) is 4.79 Å². The highest BCUT2D eigenvalue weighted by Gasteiger charge is 2.17. The van der Waals surface area contributed by atoms with Crippen molar-refractivity contribution < 1.29 is 9.53 Å². The van der Waals surface area contributed by atoms with Gasteiger partial charge in [0.2, 0.25) is 0 Å². The molecule has 1 heterocycles.